The van der Waals surface area contributed by atoms with Gasteiger partial charge in [0, 0.05) is 0 Å². The summed E-state index contributed by atoms with van der Waals surface area (Å²) in [5.74, 6) is -0.0928. The molecule has 1 heterocycles. The Bertz CT molecular complexity index is 594. The summed E-state index contributed by atoms with van der Waals surface area (Å²) >= 11 is 0. The molecule has 4 nitrogen and oxygen atoms in total. The first kappa shape index (κ1) is 19.4. The molecular formula is C21H29NO3. The van der Waals surface area contributed by atoms with Crippen molar-refractivity contribution in [2.45, 2.75) is 59.0 Å². The minimum absolute atomic E-state index is 0.0928. The van der Waals surface area contributed by atoms with Crippen LogP contribution in [-0.2, 0) is 21.0 Å². The molecule has 1 aromatic rings. The number of amides is 1. The Balaban J connectivity index is 2.15. The largest absolute Gasteiger partial charge is 0.344 e. The van der Waals surface area contributed by atoms with Crippen LogP contribution < -0.4 is 0 Å². The molecule has 0 radical (unpaired) electrons. The van der Waals surface area contributed by atoms with Crippen LogP contribution in [0.15, 0.2) is 55.1 Å². The average molecular weight is 343 g/mol. The van der Waals surface area contributed by atoms with Crippen molar-refractivity contribution in [1.29, 1.82) is 0 Å². The summed E-state index contributed by atoms with van der Waals surface area (Å²) in [6, 6.07) is 9.80. The van der Waals surface area contributed by atoms with Gasteiger partial charge >= 0.3 is 0 Å². The van der Waals surface area contributed by atoms with E-state index < -0.39 is 11.6 Å². The van der Waals surface area contributed by atoms with Gasteiger partial charge in [-0.15, -0.1) is 6.58 Å². The number of unbranched alkanes of at least 4 members (excludes halogenated alkanes) is 2. The molecule has 0 spiro atoms. The quantitative estimate of drug-likeness (QED) is 0.510. The first-order valence-electron chi connectivity index (χ1n) is 8.96. The molecule has 1 aliphatic heterocycles. The van der Waals surface area contributed by atoms with Crippen LogP contribution in [0.1, 0.15) is 45.6 Å². The summed E-state index contributed by atoms with van der Waals surface area (Å²) in [6.45, 7) is 10.0. The van der Waals surface area contributed by atoms with Gasteiger partial charge in [-0.3, -0.25) is 9.63 Å². The Morgan fingerprint density at radius 2 is 2.04 bits per heavy atom. The van der Waals surface area contributed by atoms with Crippen molar-refractivity contribution in [2.24, 2.45) is 5.41 Å². The predicted octanol–water partition coefficient (Wildman–Crippen LogP) is 4.63. The molecule has 1 saturated heterocycles. The molecule has 2 unspecified atom stereocenters. The summed E-state index contributed by atoms with van der Waals surface area (Å²) in [6.07, 6.45) is 7.97. The number of rotatable bonds is 8. The number of benzene rings is 1. The normalized spacial score (nSPS) is 23.2. The van der Waals surface area contributed by atoms with Crippen LogP contribution in [0.2, 0.25) is 0 Å². The molecule has 136 valence electrons. The maximum absolute atomic E-state index is 13.0. The lowest BCUT2D eigenvalue weighted by Gasteiger charge is -2.44. The average Bonchev–Trinajstić information content (AvgIpc) is 2.62. The molecule has 4 heteroatoms. The van der Waals surface area contributed by atoms with E-state index in [1.807, 2.05) is 50.3 Å². The number of carbonyl (C=O) groups excluding carboxylic acids is 1. The highest BCUT2D eigenvalue weighted by molar-refractivity contribution is 5.83. The van der Waals surface area contributed by atoms with Crippen molar-refractivity contribution >= 4 is 5.91 Å². The van der Waals surface area contributed by atoms with E-state index in [1.165, 1.54) is 5.06 Å². The summed E-state index contributed by atoms with van der Waals surface area (Å²) in [4.78, 5) is 18.8. The zero-order valence-electron chi connectivity index (χ0n) is 15.5. The van der Waals surface area contributed by atoms with E-state index in [9.17, 15) is 4.79 Å². The third kappa shape index (κ3) is 4.80. The number of ether oxygens (including phenoxy) is 1. The van der Waals surface area contributed by atoms with E-state index in [4.69, 9.17) is 9.57 Å². The second-order valence-electron chi connectivity index (χ2n) is 6.87. The molecule has 0 N–H and O–H groups in total. The molecule has 0 saturated carbocycles. The van der Waals surface area contributed by atoms with Crippen molar-refractivity contribution in [3.05, 3.63) is 60.7 Å². The van der Waals surface area contributed by atoms with Crippen molar-refractivity contribution in [3.8, 4) is 0 Å². The predicted molar refractivity (Wildman–Crippen MR) is 99.4 cm³/mol. The SMILES string of the molecule is C=CC1OC(/C=C/CCCC)N(OCc2ccccc2)C(=O)C1(C)C. The van der Waals surface area contributed by atoms with Crippen LogP contribution >= 0.6 is 0 Å². The van der Waals surface area contributed by atoms with Crippen LogP contribution in [-0.4, -0.2) is 23.3 Å². The van der Waals surface area contributed by atoms with Gasteiger partial charge in [-0.1, -0.05) is 62.2 Å². The van der Waals surface area contributed by atoms with Gasteiger partial charge in [-0.25, -0.2) is 0 Å². The van der Waals surface area contributed by atoms with Crippen LogP contribution in [0, 0.1) is 5.41 Å². The monoisotopic (exact) mass is 343 g/mol. The number of nitrogens with zero attached hydrogens (tertiary/aromatic N) is 1. The van der Waals surface area contributed by atoms with Crippen LogP contribution in [0.3, 0.4) is 0 Å². The Hall–Kier alpha value is -1.91. The highest BCUT2D eigenvalue weighted by Crippen LogP contribution is 2.35. The molecule has 1 aliphatic rings. The molecule has 0 aliphatic carbocycles. The highest BCUT2D eigenvalue weighted by Gasteiger charge is 2.47. The lowest BCUT2D eigenvalue weighted by atomic mass is 9.84. The van der Waals surface area contributed by atoms with Crippen molar-refractivity contribution in [3.63, 3.8) is 0 Å². The molecule has 2 rings (SSSR count). The lowest BCUT2D eigenvalue weighted by molar-refractivity contribution is -0.279. The molecule has 2 atom stereocenters. The van der Waals surface area contributed by atoms with Crippen LogP contribution in [0.5, 0.6) is 0 Å². The van der Waals surface area contributed by atoms with Crippen molar-refractivity contribution in [2.75, 3.05) is 0 Å². The third-order valence-electron chi connectivity index (χ3n) is 4.43. The topological polar surface area (TPSA) is 38.8 Å². The van der Waals surface area contributed by atoms with Gasteiger partial charge in [0.2, 0.25) is 0 Å². The van der Waals surface area contributed by atoms with Crippen molar-refractivity contribution < 1.29 is 14.4 Å². The number of hydrogen-bond acceptors (Lipinski definition) is 3. The maximum atomic E-state index is 13.0. The van der Waals surface area contributed by atoms with E-state index in [1.54, 1.807) is 6.08 Å². The van der Waals surface area contributed by atoms with Gasteiger partial charge in [0.05, 0.1) is 11.5 Å². The van der Waals surface area contributed by atoms with E-state index in [0.717, 1.165) is 24.8 Å². The molecule has 25 heavy (non-hydrogen) atoms. The standard InChI is InChI=1S/C21H29NO3/c1-5-7-8-12-15-19-22(24-16-17-13-10-9-11-14-17)20(23)21(3,4)18(6-2)25-19/h6,9-15,18-19H,2,5,7-8,16H2,1,3-4H3/b15-12+. The first-order chi connectivity index (χ1) is 12.0. The number of hydroxylamine groups is 2. The van der Waals surface area contributed by atoms with Gasteiger partial charge in [-0.2, -0.15) is 5.06 Å². The fourth-order valence-corrected chi connectivity index (χ4v) is 2.76. The Morgan fingerprint density at radius 3 is 2.68 bits per heavy atom. The highest BCUT2D eigenvalue weighted by atomic mass is 16.7. The Kier molecular flexibility index (Phi) is 6.97. The first-order valence-corrected chi connectivity index (χ1v) is 8.96. The van der Waals surface area contributed by atoms with E-state index in [2.05, 4.69) is 19.6 Å². The van der Waals surface area contributed by atoms with Crippen molar-refractivity contribution in [1.82, 2.24) is 5.06 Å². The van der Waals surface area contributed by atoms with Gasteiger partial charge in [0.15, 0.2) is 6.23 Å². The number of carbonyl (C=O) groups is 1. The zero-order chi connectivity index (χ0) is 18.3. The van der Waals surface area contributed by atoms with E-state index in [0.29, 0.717) is 6.61 Å². The molecule has 1 fully saturated rings. The third-order valence-corrected chi connectivity index (χ3v) is 4.43. The van der Waals surface area contributed by atoms with Gasteiger partial charge in [-0.05, 0) is 31.9 Å². The van der Waals surface area contributed by atoms with Gasteiger partial charge in [0.25, 0.3) is 5.91 Å². The van der Waals surface area contributed by atoms with Crippen LogP contribution in [0.25, 0.3) is 0 Å². The lowest BCUT2D eigenvalue weighted by Crippen LogP contribution is -2.58. The summed E-state index contributed by atoms with van der Waals surface area (Å²) in [7, 11) is 0. The summed E-state index contributed by atoms with van der Waals surface area (Å²) in [5.41, 5.74) is 0.291. The molecule has 1 aromatic carbocycles. The maximum Gasteiger partial charge on any atom is 0.257 e. The summed E-state index contributed by atoms with van der Waals surface area (Å²) in [5, 5.41) is 1.37. The smallest absolute Gasteiger partial charge is 0.257 e. The fourth-order valence-electron chi connectivity index (χ4n) is 2.76. The fraction of sp³-hybridized carbons (Fsp3) is 0.476. The second-order valence-corrected chi connectivity index (χ2v) is 6.87. The Morgan fingerprint density at radius 1 is 1.32 bits per heavy atom. The van der Waals surface area contributed by atoms with Crippen LogP contribution in [0.4, 0.5) is 0 Å². The minimum Gasteiger partial charge on any atom is -0.344 e. The second kappa shape index (κ2) is 8.97. The molecule has 0 bridgehead atoms. The summed E-state index contributed by atoms with van der Waals surface area (Å²) < 4.78 is 6.08. The van der Waals surface area contributed by atoms with Gasteiger partial charge in [0.1, 0.15) is 6.61 Å². The van der Waals surface area contributed by atoms with E-state index >= 15 is 0 Å². The molecule has 0 aromatic heterocycles. The number of allylic oxidation sites excluding steroid dienone is 1. The zero-order valence-corrected chi connectivity index (χ0v) is 15.5. The van der Waals surface area contributed by atoms with E-state index in [-0.39, 0.29) is 12.0 Å². The van der Waals surface area contributed by atoms with Gasteiger partial charge < -0.3 is 4.74 Å². The number of hydrogen-bond donors (Lipinski definition) is 0. The molecular weight excluding hydrogens is 314 g/mol. The Labute approximate surface area is 151 Å². The minimum atomic E-state index is -0.716. The molecule has 1 amide bonds.